The van der Waals surface area contributed by atoms with E-state index in [0.717, 1.165) is 28.9 Å². The van der Waals surface area contributed by atoms with Gasteiger partial charge in [0.2, 0.25) is 0 Å². The maximum Gasteiger partial charge on any atom is 0.319 e. The lowest BCUT2D eigenvalue weighted by Crippen LogP contribution is -2.32. The highest BCUT2D eigenvalue weighted by atomic mass is 19.2. The van der Waals surface area contributed by atoms with Gasteiger partial charge >= 0.3 is 6.03 Å². The Kier molecular flexibility index (Phi) is 5.51. The number of urea groups is 1. The molecule has 2 aromatic rings. The van der Waals surface area contributed by atoms with Crippen molar-refractivity contribution < 1.29 is 18.3 Å². The second-order valence-corrected chi connectivity index (χ2v) is 5.12. The van der Waals surface area contributed by atoms with Crippen molar-refractivity contribution in [2.45, 2.75) is 13.8 Å². The minimum Gasteiger partial charge on any atom is -0.492 e. The molecular formula is C17H18F2N2O2. The number of carbonyl (C=O) groups excluding carboxylic acids is 1. The molecule has 2 aromatic carbocycles. The second kappa shape index (κ2) is 7.58. The molecule has 0 fully saturated rings. The molecule has 2 N–H and O–H groups in total. The molecule has 4 nitrogen and oxygen atoms in total. The predicted octanol–water partition coefficient (Wildman–Crippen LogP) is 3.78. The number of halogens is 2. The van der Waals surface area contributed by atoms with Crippen LogP contribution in [0.4, 0.5) is 19.3 Å². The van der Waals surface area contributed by atoms with E-state index in [1.807, 2.05) is 32.0 Å². The van der Waals surface area contributed by atoms with Gasteiger partial charge in [-0.25, -0.2) is 13.6 Å². The predicted molar refractivity (Wildman–Crippen MR) is 84.8 cm³/mol. The van der Waals surface area contributed by atoms with E-state index in [2.05, 4.69) is 10.6 Å². The molecule has 0 aromatic heterocycles. The van der Waals surface area contributed by atoms with Gasteiger partial charge < -0.3 is 15.4 Å². The number of benzene rings is 2. The molecule has 0 atom stereocenters. The van der Waals surface area contributed by atoms with Gasteiger partial charge in [0.15, 0.2) is 11.6 Å². The highest BCUT2D eigenvalue weighted by Gasteiger charge is 2.05. The van der Waals surface area contributed by atoms with Gasteiger partial charge in [-0.2, -0.15) is 0 Å². The Morgan fingerprint density at radius 3 is 2.57 bits per heavy atom. The van der Waals surface area contributed by atoms with Gasteiger partial charge in [-0.15, -0.1) is 0 Å². The first-order valence-electron chi connectivity index (χ1n) is 7.15. The largest absolute Gasteiger partial charge is 0.492 e. The zero-order valence-corrected chi connectivity index (χ0v) is 13.0. The number of hydrogen-bond acceptors (Lipinski definition) is 2. The van der Waals surface area contributed by atoms with Crippen molar-refractivity contribution in [1.82, 2.24) is 5.32 Å². The van der Waals surface area contributed by atoms with Crippen molar-refractivity contribution in [1.29, 1.82) is 0 Å². The summed E-state index contributed by atoms with van der Waals surface area (Å²) in [4.78, 5) is 11.8. The average molecular weight is 320 g/mol. The summed E-state index contributed by atoms with van der Waals surface area (Å²) in [7, 11) is 0. The van der Waals surface area contributed by atoms with Crippen molar-refractivity contribution >= 4 is 11.7 Å². The van der Waals surface area contributed by atoms with Gasteiger partial charge in [-0.1, -0.05) is 17.7 Å². The lowest BCUT2D eigenvalue weighted by atomic mass is 10.1. The third-order valence-corrected chi connectivity index (χ3v) is 3.18. The first-order chi connectivity index (χ1) is 11.0. The fraction of sp³-hybridized carbons (Fsp3) is 0.235. The van der Waals surface area contributed by atoms with E-state index in [4.69, 9.17) is 4.74 Å². The Bertz CT molecular complexity index is 705. The van der Waals surface area contributed by atoms with Gasteiger partial charge in [0.1, 0.15) is 12.4 Å². The van der Waals surface area contributed by atoms with Crippen molar-refractivity contribution in [3.8, 4) is 5.75 Å². The lowest BCUT2D eigenvalue weighted by molar-refractivity contribution is 0.247. The number of carbonyl (C=O) groups is 1. The van der Waals surface area contributed by atoms with Gasteiger partial charge in [-0.05, 0) is 37.6 Å². The minimum absolute atomic E-state index is 0.144. The van der Waals surface area contributed by atoms with Crippen LogP contribution in [0, 0.1) is 25.5 Å². The molecule has 0 saturated carbocycles. The highest BCUT2D eigenvalue weighted by molar-refractivity contribution is 5.90. The zero-order chi connectivity index (χ0) is 16.8. The molecule has 6 heteroatoms. The maximum absolute atomic E-state index is 13.0. The van der Waals surface area contributed by atoms with Crippen molar-refractivity contribution in [3.63, 3.8) is 0 Å². The number of anilines is 1. The smallest absolute Gasteiger partial charge is 0.319 e. The maximum atomic E-state index is 13.0. The monoisotopic (exact) mass is 320 g/mol. The Balaban J connectivity index is 1.75. The van der Waals surface area contributed by atoms with E-state index in [1.165, 1.54) is 6.07 Å². The zero-order valence-electron chi connectivity index (χ0n) is 13.0. The van der Waals surface area contributed by atoms with Crippen LogP contribution < -0.4 is 15.4 Å². The third kappa shape index (κ3) is 4.95. The minimum atomic E-state index is -0.969. The molecule has 0 heterocycles. The summed E-state index contributed by atoms with van der Waals surface area (Å²) >= 11 is 0. The Hall–Kier alpha value is -2.63. The fourth-order valence-electron chi connectivity index (χ4n) is 2.02. The van der Waals surface area contributed by atoms with E-state index in [9.17, 15) is 13.6 Å². The lowest BCUT2D eigenvalue weighted by Gasteiger charge is -2.11. The summed E-state index contributed by atoms with van der Waals surface area (Å²) in [5, 5.41) is 5.36. The number of ether oxygens (including phenoxy) is 1. The highest BCUT2D eigenvalue weighted by Crippen LogP contribution is 2.16. The van der Waals surface area contributed by atoms with Crippen LogP contribution in [-0.2, 0) is 0 Å². The van der Waals surface area contributed by atoms with Gasteiger partial charge in [-0.3, -0.25) is 0 Å². The quantitative estimate of drug-likeness (QED) is 0.824. The van der Waals surface area contributed by atoms with Crippen LogP contribution in [-0.4, -0.2) is 19.2 Å². The molecule has 0 radical (unpaired) electrons. The van der Waals surface area contributed by atoms with Crippen LogP contribution in [0.15, 0.2) is 36.4 Å². The molecule has 0 aliphatic heterocycles. The summed E-state index contributed by atoms with van der Waals surface area (Å²) in [6, 6.07) is 8.65. The van der Waals surface area contributed by atoms with Crippen LogP contribution in [0.1, 0.15) is 11.1 Å². The van der Waals surface area contributed by atoms with Crippen LogP contribution in [0.25, 0.3) is 0 Å². The van der Waals surface area contributed by atoms with E-state index >= 15 is 0 Å². The van der Waals surface area contributed by atoms with Gasteiger partial charge in [0, 0.05) is 11.8 Å². The number of rotatable bonds is 5. The summed E-state index contributed by atoms with van der Waals surface area (Å²) in [6.07, 6.45) is 0. The van der Waals surface area contributed by atoms with E-state index in [0.29, 0.717) is 0 Å². The fourth-order valence-corrected chi connectivity index (χ4v) is 2.02. The molecule has 23 heavy (non-hydrogen) atoms. The van der Waals surface area contributed by atoms with Crippen LogP contribution in [0.3, 0.4) is 0 Å². The first kappa shape index (κ1) is 16.7. The normalized spacial score (nSPS) is 10.3. The number of aryl methyl sites for hydroxylation is 2. The number of amides is 2. The molecule has 2 amide bonds. The van der Waals surface area contributed by atoms with Crippen molar-refractivity contribution in [2.24, 2.45) is 0 Å². The molecule has 0 spiro atoms. The molecule has 0 aliphatic carbocycles. The van der Waals surface area contributed by atoms with Crippen molar-refractivity contribution in [2.75, 3.05) is 18.5 Å². The van der Waals surface area contributed by atoms with E-state index in [-0.39, 0.29) is 24.9 Å². The average Bonchev–Trinajstić information content (AvgIpc) is 2.50. The SMILES string of the molecule is Cc1ccc(NC(=O)NCCOc2ccc(F)c(F)c2)c(C)c1. The molecule has 0 bridgehead atoms. The Morgan fingerprint density at radius 1 is 1.09 bits per heavy atom. The van der Waals surface area contributed by atoms with Gasteiger partial charge in [0.05, 0.1) is 6.54 Å². The van der Waals surface area contributed by atoms with E-state index < -0.39 is 11.6 Å². The summed E-state index contributed by atoms with van der Waals surface area (Å²) in [6.45, 7) is 4.27. The van der Waals surface area contributed by atoms with Crippen LogP contribution in [0.5, 0.6) is 5.75 Å². The third-order valence-electron chi connectivity index (χ3n) is 3.18. The van der Waals surface area contributed by atoms with Crippen LogP contribution in [0.2, 0.25) is 0 Å². The number of nitrogens with one attached hydrogen (secondary N) is 2. The standard InChI is InChI=1S/C17H18F2N2O2/c1-11-3-6-16(12(2)9-11)21-17(22)20-7-8-23-13-4-5-14(18)15(19)10-13/h3-6,9-10H,7-8H2,1-2H3,(H2,20,21,22). The molecule has 0 unspecified atom stereocenters. The van der Waals surface area contributed by atoms with Crippen molar-refractivity contribution in [3.05, 3.63) is 59.2 Å². The molecule has 2 rings (SSSR count). The van der Waals surface area contributed by atoms with E-state index in [1.54, 1.807) is 0 Å². The molecule has 0 saturated heterocycles. The second-order valence-electron chi connectivity index (χ2n) is 5.12. The Labute approximate surface area is 133 Å². The topological polar surface area (TPSA) is 50.4 Å². The number of hydrogen-bond donors (Lipinski definition) is 2. The summed E-state index contributed by atoms with van der Waals surface area (Å²) < 4.78 is 31.0. The molecule has 0 aliphatic rings. The van der Waals surface area contributed by atoms with Gasteiger partial charge in [0.25, 0.3) is 0 Å². The summed E-state index contributed by atoms with van der Waals surface area (Å²) in [5.41, 5.74) is 2.82. The summed E-state index contributed by atoms with van der Waals surface area (Å²) in [5.74, 6) is -1.69. The Morgan fingerprint density at radius 2 is 1.87 bits per heavy atom. The molecular weight excluding hydrogens is 302 g/mol. The molecule has 122 valence electrons. The van der Waals surface area contributed by atoms with Crippen LogP contribution >= 0.6 is 0 Å². The first-order valence-corrected chi connectivity index (χ1v) is 7.15.